The number of ether oxygens (including phenoxy) is 1. The molecule has 110 valence electrons. The maximum absolute atomic E-state index is 11.7. The van der Waals surface area contributed by atoms with Gasteiger partial charge in [0.1, 0.15) is 6.04 Å². The number of urea groups is 1. The first-order chi connectivity index (χ1) is 8.92. The van der Waals surface area contributed by atoms with Crippen LogP contribution in [0.1, 0.15) is 32.6 Å². The first-order valence-electron chi connectivity index (χ1n) is 6.23. The minimum atomic E-state index is -1.04. The summed E-state index contributed by atoms with van der Waals surface area (Å²) in [6.07, 6.45) is 1.76. The molecule has 2 amide bonds. The number of methoxy groups -OCH3 is 1. The molecule has 0 aliphatic rings. The van der Waals surface area contributed by atoms with Crippen LogP contribution >= 0.6 is 0 Å². The van der Waals surface area contributed by atoms with Gasteiger partial charge in [0.2, 0.25) is 0 Å². The molecule has 0 spiro atoms. The van der Waals surface area contributed by atoms with Crippen LogP contribution < -0.4 is 5.32 Å². The second-order valence-electron chi connectivity index (χ2n) is 4.23. The summed E-state index contributed by atoms with van der Waals surface area (Å²) in [5.41, 5.74) is 0. The fourth-order valence-corrected chi connectivity index (χ4v) is 1.47. The highest BCUT2D eigenvalue weighted by molar-refractivity contribution is 5.82. The molecule has 0 radical (unpaired) electrons. The summed E-state index contributed by atoms with van der Waals surface area (Å²) in [6, 6.07) is -1.33. The third kappa shape index (κ3) is 7.28. The number of hydrogen-bond donors (Lipinski definition) is 2. The van der Waals surface area contributed by atoms with Crippen LogP contribution in [0.3, 0.4) is 0 Å². The standard InChI is InChI=1S/C12H22N2O5/c1-4-6-9(11(16)17)13-12(18)14(2)8-5-7-10(15)19-3/h9H,4-8H2,1-3H3,(H,13,18)(H,16,17)/t9-/m1/s1. The van der Waals surface area contributed by atoms with E-state index in [1.54, 1.807) is 7.05 Å². The molecule has 0 aliphatic carbocycles. The molecule has 7 nitrogen and oxygen atoms in total. The molecule has 1 atom stereocenters. The van der Waals surface area contributed by atoms with E-state index in [-0.39, 0.29) is 12.4 Å². The minimum absolute atomic E-state index is 0.228. The van der Waals surface area contributed by atoms with E-state index < -0.39 is 18.0 Å². The Morgan fingerprint density at radius 1 is 1.37 bits per heavy atom. The summed E-state index contributed by atoms with van der Waals surface area (Å²) < 4.78 is 4.48. The zero-order chi connectivity index (χ0) is 14.8. The van der Waals surface area contributed by atoms with E-state index in [2.05, 4.69) is 10.1 Å². The zero-order valence-corrected chi connectivity index (χ0v) is 11.6. The van der Waals surface area contributed by atoms with E-state index in [1.807, 2.05) is 6.92 Å². The first kappa shape index (κ1) is 17.2. The molecule has 19 heavy (non-hydrogen) atoms. The van der Waals surface area contributed by atoms with Gasteiger partial charge in [-0.25, -0.2) is 9.59 Å². The Balaban J connectivity index is 4.10. The van der Waals surface area contributed by atoms with Gasteiger partial charge in [0.05, 0.1) is 7.11 Å². The predicted octanol–water partition coefficient (Wildman–Crippen LogP) is 0.834. The molecule has 0 bridgehead atoms. The van der Waals surface area contributed by atoms with Gasteiger partial charge in [0.15, 0.2) is 0 Å². The quantitative estimate of drug-likeness (QED) is 0.639. The van der Waals surface area contributed by atoms with E-state index in [4.69, 9.17) is 5.11 Å². The smallest absolute Gasteiger partial charge is 0.326 e. The third-order valence-corrected chi connectivity index (χ3v) is 2.62. The van der Waals surface area contributed by atoms with Crippen molar-refractivity contribution in [2.24, 2.45) is 0 Å². The summed E-state index contributed by atoms with van der Waals surface area (Å²) >= 11 is 0. The van der Waals surface area contributed by atoms with Crippen molar-refractivity contribution in [3.8, 4) is 0 Å². The lowest BCUT2D eigenvalue weighted by molar-refractivity contribution is -0.141. The van der Waals surface area contributed by atoms with E-state index in [0.717, 1.165) is 0 Å². The topological polar surface area (TPSA) is 95.9 Å². The molecule has 0 saturated heterocycles. The van der Waals surface area contributed by atoms with Crippen LogP contribution in [0, 0.1) is 0 Å². The lowest BCUT2D eigenvalue weighted by Crippen LogP contribution is -2.46. The van der Waals surface area contributed by atoms with Gasteiger partial charge >= 0.3 is 18.0 Å². The Morgan fingerprint density at radius 3 is 2.47 bits per heavy atom. The van der Waals surface area contributed by atoms with Crippen LogP contribution in [0.5, 0.6) is 0 Å². The fraction of sp³-hybridized carbons (Fsp3) is 0.750. The summed E-state index contributed by atoms with van der Waals surface area (Å²) in [6.45, 7) is 2.21. The van der Waals surface area contributed by atoms with Crippen LogP contribution in [0.15, 0.2) is 0 Å². The van der Waals surface area contributed by atoms with Crippen molar-refractivity contribution < 1.29 is 24.2 Å². The molecule has 0 aromatic carbocycles. The van der Waals surface area contributed by atoms with Crippen molar-refractivity contribution >= 4 is 18.0 Å². The molecule has 0 aromatic rings. The van der Waals surface area contributed by atoms with E-state index in [1.165, 1.54) is 12.0 Å². The van der Waals surface area contributed by atoms with Crippen molar-refractivity contribution in [1.29, 1.82) is 0 Å². The minimum Gasteiger partial charge on any atom is -0.480 e. The number of amides is 2. The van der Waals surface area contributed by atoms with Gasteiger partial charge in [0, 0.05) is 20.0 Å². The number of carbonyl (C=O) groups is 3. The number of esters is 1. The van der Waals surface area contributed by atoms with Gasteiger partial charge in [-0.1, -0.05) is 13.3 Å². The number of hydrogen-bond acceptors (Lipinski definition) is 4. The SMILES string of the molecule is CCC[C@@H](NC(=O)N(C)CCCC(=O)OC)C(=O)O. The highest BCUT2D eigenvalue weighted by atomic mass is 16.5. The van der Waals surface area contributed by atoms with E-state index in [9.17, 15) is 14.4 Å². The Labute approximate surface area is 112 Å². The molecular weight excluding hydrogens is 252 g/mol. The van der Waals surface area contributed by atoms with E-state index in [0.29, 0.717) is 25.8 Å². The van der Waals surface area contributed by atoms with Crippen molar-refractivity contribution in [3.05, 3.63) is 0 Å². The molecule has 0 heterocycles. The average Bonchev–Trinajstić information content (AvgIpc) is 2.37. The number of aliphatic carboxylic acids is 1. The Hall–Kier alpha value is -1.79. The molecule has 0 rings (SSSR count). The largest absolute Gasteiger partial charge is 0.480 e. The van der Waals surface area contributed by atoms with Gasteiger partial charge in [0.25, 0.3) is 0 Å². The summed E-state index contributed by atoms with van der Waals surface area (Å²) in [5, 5.41) is 11.4. The van der Waals surface area contributed by atoms with Crippen molar-refractivity contribution in [2.45, 2.75) is 38.6 Å². The summed E-state index contributed by atoms with van der Waals surface area (Å²) in [4.78, 5) is 34.9. The Bertz CT molecular complexity index is 319. The monoisotopic (exact) mass is 274 g/mol. The van der Waals surface area contributed by atoms with Gasteiger partial charge in [-0.2, -0.15) is 0 Å². The van der Waals surface area contributed by atoms with Crippen LogP contribution in [0.2, 0.25) is 0 Å². The number of carboxylic acid groups (broad SMARTS) is 1. The maximum Gasteiger partial charge on any atom is 0.326 e. The van der Waals surface area contributed by atoms with Crippen LogP contribution in [-0.4, -0.2) is 54.7 Å². The number of rotatable bonds is 8. The molecule has 7 heteroatoms. The highest BCUT2D eigenvalue weighted by Crippen LogP contribution is 2.00. The first-order valence-corrected chi connectivity index (χ1v) is 6.23. The lowest BCUT2D eigenvalue weighted by Gasteiger charge is -2.21. The predicted molar refractivity (Wildman–Crippen MR) is 68.7 cm³/mol. The molecule has 0 aromatic heterocycles. The van der Waals surface area contributed by atoms with Crippen molar-refractivity contribution in [3.63, 3.8) is 0 Å². The Morgan fingerprint density at radius 2 is 2.00 bits per heavy atom. The second-order valence-corrected chi connectivity index (χ2v) is 4.23. The van der Waals surface area contributed by atoms with E-state index >= 15 is 0 Å². The molecule has 2 N–H and O–H groups in total. The van der Waals surface area contributed by atoms with Crippen LogP contribution in [-0.2, 0) is 14.3 Å². The van der Waals surface area contributed by atoms with Gasteiger partial charge in [-0.3, -0.25) is 4.79 Å². The lowest BCUT2D eigenvalue weighted by atomic mass is 10.2. The summed E-state index contributed by atoms with van der Waals surface area (Å²) in [7, 11) is 2.86. The fourth-order valence-electron chi connectivity index (χ4n) is 1.47. The zero-order valence-electron chi connectivity index (χ0n) is 11.6. The Kier molecular flexibility index (Phi) is 8.32. The number of nitrogens with one attached hydrogen (secondary N) is 1. The molecule has 0 saturated carbocycles. The normalized spacial score (nSPS) is 11.5. The van der Waals surface area contributed by atoms with Crippen LogP contribution in [0.25, 0.3) is 0 Å². The maximum atomic E-state index is 11.7. The summed E-state index contributed by atoms with van der Waals surface area (Å²) in [5.74, 6) is -1.37. The molecular formula is C12H22N2O5. The van der Waals surface area contributed by atoms with Crippen molar-refractivity contribution in [1.82, 2.24) is 10.2 Å². The number of nitrogens with zero attached hydrogens (tertiary/aromatic N) is 1. The number of carboxylic acids is 1. The van der Waals surface area contributed by atoms with Crippen LogP contribution in [0.4, 0.5) is 4.79 Å². The van der Waals surface area contributed by atoms with Crippen molar-refractivity contribution in [2.75, 3.05) is 20.7 Å². The van der Waals surface area contributed by atoms with Gasteiger partial charge in [-0.15, -0.1) is 0 Å². The molecule has 0 unspecified atom stereocenters. The number of carbonyl (C=O) groups excluding carboxylic acids is 2. The molecule has 0 fully saturated rings. The molecule has 0 aliphatic heterocycles. The third-order valence-electron chi connectivity index (χ3n) is 2.62. The highest BCUT2D eigenvalue weighted by Gasteiger charge is 2.20. The second kappa shape index (κ2) is 9.18. The average molecular weight is 274 g/mol. The van der Waals surface area contributed by atoms with Gasteiger partial charge in [-0.05, 0) is 12.8 Å². The van der Waals surface area contributed by atoms with Gasteiger partial charge < -0.3 is 20.1 Å².